The Morgan fingerprint density at radius 2 is 0.970 bits per heavy atom. The van der Waals surface area contributed by atoms with E-state index in [9.17, 15) is 18.0 Å². The zero-order chi connectivity index (χ0) is 97.8. The second-order valence-corrected chi connectivity index (χ2v) is 40.8. The number of fused-ring (bicyclic) bond motifs is 5. The van der Waals surface area contributed by atoms with Gasteiger partial charge in [0.15, 0.2) is 23.0 Å². The van der Waals surface area contributed by atoms with Gasteiger partial charge >= 0.3 is 11.6 Å². The molecule has 17 rings (SSSR count). The molecule has 21 nitrogen and oxygen atoms in total. The first-order chi connectivity index (χ1) is 62.0. The molecule has 0 saturated carbocycles. The Hall–Kier alpha value is -11.7. The summed E-state index contributed by atoms with van der Waals surface area (Å²) in [6, 6.07) is 63.1. The number of aromatic nitrogens is 7. The van der Waals surface area contributed by atoms with Crippen LogP contribution in [0, 0.1) is 20.8 Å². The number of rotatable bonds is 13. The monoisotopic (exact) mass is 1850 g/mol. The van der Waals surface area contributed by atoms with Gasteiger partial charge in [0, 0.05) is 68.7 Å². The molecule has 0 bridgehead atoms. The molecule has 7 aromatic carbocycles. The number of aryl methyl sites for hydroxylation is 3. The number of hydrogen-bond acceptors (Lipinski definition) is 17. The molecule has 0 spiro atoms. The van der Waals surface area contributed by atoms with Crippen LogP contribution >= 0.6 is 11.5 Å². The van der Waals surface area contributed by atoms with Gasteiger partial charge in [0.1, 0.15) is 40.0 Å². The lowest BCUT2D eigenvalue weighted by atomic mass is 9.92. The number of imidazole rings is 1. The average Bonchev–Trinajstić information content (AvgIpc) is 1.58. The smallest absolute Gasteiger partial charge is 0.335 e. The van der Waals surface area contributed by atoms with Crippen molar-refractivity contribution in [1.29, 1.82) is 0 Å². The van der Waals surface area contributed by atoms with Crippen molar-refractivity contribution >= 4 is 89.4 Å². The third-order valence-electron chi connectivity index (χ3n) is 21.5. The van der Waals surface area contributed by atoms with Crippen LogP contribution in [0.2, 0.25) is 0 Å². The van der Waals surface area contributed by atoms with Gasteiger partial charge in [-0.05, 0) is 220 Å². The standard InChI is InChI=1S/C14H20N2.C11H13NOS.2C11H13NO.C11H13N.C10H15NO2S.C10H11NO2.C10H11NO.C10H17NO.C10H14.O2S/c1-9(2)10-6-7-11-12(8-10)16-13(15-11)14(3,4)5;1-7(2)11-6-9(12-14-11)10-5-4-8(3)13-10;2*1-7(2)8-3-4-10-9(5-8)6-11(13)12-10;1-8(2)9-3-4-11-10(7-9)5-6-12-11;1-7(2)9-5-4-8(3)10(6-9)14(11,12)13;1-7(2)10-6-8(11-13-10)9-4-3-5-12-9;1-7(2)10-11-8-5-3-4-6-9(8)12-10;1-7(2)8-6-9(11-12-8)10(3,4)5;1-8(2)10-6-4-9(3)5-7-10;1-3-2/h6-9H,1-5H3,(H,15,16);4-7H,1-3H3;2*3-5,7H,6H2,1-2H3,(H,12,13);3-8,12H,1-2H3;4-7H,1-3H3,(H2,11,12,13);3-7H,1-2H3;3-7H,1-2H3;6-7H,1-5H3;4-8H,1-3H3;. The first-order valence-corrected chi connectivity index (χ1v) is 48.4. The maximum Gasteiger partial charge on any atom is 0.335 e. The molecule has 2 aliphatic rings. The number of nitrogens with two attached hydrogens (primary N) is 1. The number of amides is 2. The maximum atomic E-state index is 11.2. The Morgan fingerprint density at radius 1 is 0.455 bits per heavy atom. The number of primary sulfonamides is 1. The summed E-state index contributed by atoms with van der Waals surface area (Å²) in [5, 5.41) is 20.0. The quantitative estimate of drug-likeness (QED) is 0.0716. The maximum absolute atomic E-state index is 11.2. The summed E-state index contributed by atoms with van der Waals surface area (Å²) < 4.78 is 69.9. The van der Waals surface area contributed by atoms with E-state index in [0.29, 0.717) is 77.6 Å². The molecule has 15 aromatic rings. The van der Waals surface area contributed by atoms with Crippen LogP contribution in [0.1, 0.15) is 334 Å². The van der Waals surface area contributed by atoms with Gasteiger partial charge in [-0.25, -0.2) is 23.5 Å². The van der Waals surface area contributed by atoms with Crippen molar-refractivity contribution in [2.45, 2.75) is 289 Å². The van der Waals surface area contributed by atoms with Gasteiger partial charge in [-0.1, -0.05) is 281 Å². The Labute approximate surface area is 790 Å². The molecule has 2 amide bonds. The normalized spacial score (nSPS) is 12.0. The number of aromatic amines is 2. The second kappa shape index (κ2) is 49.7. The average molecular weight is 1850 g/mol. The van der Waals surface area contributed by atoms with E-state index in [2.05, 4.69) is 315 Å². The van der Waals surface area contributed by atoms with E-state index in [1.54, 1.807) is 36.9 Å². The summed E-state index contributed by atoms with van der Waals surface area (Å²) in [5.41, 5.74) is 22.2. The molecule has 8 aromatic heterocycles. The molecular weight excluding hydrogens is 1710 g/mol. The number of sulfonamides is 1. The van der Waals surface area contributed by atoms with Crippen molar-refractivity contribution in [3.05, 3.63) is 296 Å². The molecule has 0 atom stereocenters. The number of carbonyl (C=O) groups excluding carboxylic acids is 2. The van der Waals surface area contributed by atoms with Gasteiger partial charge in [-0.15, -0.1) is 0 Å². The SMILES string of the molecule is CC(C)c1cc(-c2ccco2)no1.CC(C)c1cc(C(C)(C)C)no1.CC(C)c1ccc2[nH]ccc2c1.CC(C)c1ccc2c(c1)CC(=O)N2.CC(C)c1ccc2c(c1)CC(=O)N2.CC(C)c1ccc2nc(C(C)(C)C)[nH]c2c1.CC(C)c1nc2ccccc2o1.Cc1ccc(-c2cc(C(C)C)sn2)o1.Cc1ccc(C(C)C)cc1.Cc1ccc(C(C)C)cc1S(N)(=O)=O.O=S=O. The molecular formula is C108H140N10O11S3. The number of anilines is 2. The highest BCUT2D eigenvalue weighted by molar-refractivity contribution is 7.89. The van der Waals surface area contributed by atoms with Crippen LogP contribution in [0.4, 0.5) is 11.4 Å². The van der Waals surface area contributed by atoms with Crippen molar-refractivity contribution in [2.24, 2.45) is 5.14 Å². The number of hydrogen-bond donors (Lipinski definition) is 5. The van der Waals surface area contributed by atoms with E-state index < -0.39 is 21.6 Å². The van der Waals surface area contributed by atoms with Gasteiger partial charge < -0.3 is 42.9 Å². The van der Waals surface area contributed by atoms with Gasteiger partial charge in [0.25, 0.3) is 0 Å². The van der Waals surface area contributed by atoms with Crippen molar-refractivity contribution < 1.29 is 48.7 Å². The summed E-state index contributed by atoms with van der Waals surface area (Å²) in [5.74, 6) is 11.4. The van der Waals surface area contributed by atoms with Crippen LogP contribution in [0.5, 0.6) is 0 Å². The number of oxazole rings is 1. The van der Waals surface area contributed by atoms with Gasteiger partial charge in [0.2, 0.25) is 21.8 Å². The molecule has 24 heteroatoms. The lowest BCUT2D eigenvalue weighted by Gasteiger charge is -2.13. The summed E-state index contributed by atoms with van der Waals surface area (Å²) in [7, 11) is -3.59. The van der Waals surface area contributed by atoms with E-state index in [4.69, 9.17) is 35.9 Å². The number of para-hydroxylation sites is 2. The van der Waals surface area contributed by atoms with E-state index in [0.717, 1.165) is 108 Å². The minimum absolute atomic E-state index is 0.0804. The van der Waals surface area contributed by atoms with Gasteiger partial charge in [0.05, 0.1) is 40.7 Å². The predicted octanol–water partition coefficient (Wildman–Crippen LogP) is 29.0. The van der Waals surface area contributed by atoms with E-state index in [1.807, 2.05) is 106 Å². The highest BCUT2D eigenvalue weighted by Gasteiger charge is 2.24. The minimum Gasteiger partial charge on any atom is -0.463 e. The van der Waals surface area contributed by atoms with Crippen molar-refractivity contribution in [2.75, 3.05) is 10.6 Å². The number of nitrogens with zero attached hydrogens (tertiary/aromatic N) is 5. The van der Waals surface area contributed by atoms with Crippen LogP contribution in [-0.2, 0) is 54.9 Å². The molecule has 10 heterocycles. The van der Waals surface area contributed by atoms with Crippen LogP contribution < -0.4 is 15.8 Å². The van der Waals surface area contributed by atoms with Gasteiger partial charge in [-0.3, -0.25) is 9.59 Å². The van der Waals surface area contributed by atoms with Crippen LogP contribution in [0.3, 0.4) is 0 Å². The number of furan rings is 2. The topological polar surface area (TPSA) is 314 Å². The molecule has 0 saturated heterocycles. The van der Waals surface area contributed by atoms with Crippen LogP contribution in [0.15, 0.2) is 228 Å². The van der Waals surface area contributed by atoms with E-state index >= 15 is 0 Å². The summed E-state index contributed by atoms with van der Waals surface area (Å²) >= 11 is 0.802. The molecule has 706 valence electrons. The fourth-order valence-corrected chi connectivity index (χ4v) is 14.6. The largest absolute Gasteiger partial charge is 0.463 e. The van der Waals surface area contributed by atoms with E-state index in [1.165, 1.54) is 49.2 Å². The van der Waals surface area contributed by atoms with Crippen molar-refractivity contribution in [1.82, 2.24) is 34.6 Å². The number of benzene rings is 7. The summed E-state index contributed by atoms with van der Waals surface area (Å²) in [4.78, 5) is 39.2. The fourth-order valence-electron chi connectivity index (χ4n) is 13.0. The lowest BCUT2D eigenvalue weighted by Crippen LogP contribution is -2.14. The van der Waals surface area contributed by atoms with Crippen molar-refractivity contribution in [3.8, 4) is 22.9 Å². The molecule has 0 aliphatic carbocycles. The third-order valence-corrected chi connectivity index (χ3v) is 23.7. The highest BCUT2D eigenvalue weighted by atomic mass is 32.2. The first kappa shape index (κ1) is 107. The highest BCUT2D eigenvalue weighted by Crippen LogP contribution is 2.34. The predicted molar refractivity (Wildman–Crippen MR) is 542 cm³/mol. The Morgan fingerprint density at radius 3 is 1.44 bits per heavy atom. The van der Waals surface area contributed by atoms with Crippen LogP contribution in [-0.4, -0.2) is 63.3 Å². The first-order valence-electron chi connectivity index (χ1n) is 45.4. The number of nitrogens with one attached hydrogen (secondary N) is 4. The molecule has 0 unspecified atom stereocenters. The summed E-state index contributed by atoms with van der Waals surface area (Å²) in [6.07, 6.45) is 4.68. The molecule has 0 fully saturated rings. The Bertz CT molecular complexity index is 6150. The van der Waals surface area contributed by atoms with Crippen LogP contribution in [0.25, 0.3) is 55.9 Å². The molecule has 132 heavy (non-hydrogen) atoms. The second-order valence-electron chi connectivity index (χ2n) is 38.3. The lowest BCUT2D eigenvalue weighted by molar-refractivity contribution is -0.115. The van der Waals surface area contributed by atoms with E-state index in [-0.39, 0.29) is 27.5 Å². The van der Waals surface area contributed by atoms with Gasteiger partial charge in [-0.2, -0.15) is 12.8 Å². The molecule has 2 aliphatic heterocycles. The Kier molecular flexibility index (Phi) is 40.4. The number of carbonyl (C=O) groups is 2. The molecule has 0 radical (unpaired) electrons. The third kappa shape index (κ3) is 33.2. The zero-order valence-electron chi connectivity index (χ0n) is 82.8. The zero-order valence-corrected chi connectivity index (χ0v) is 85.2. The Balaban J connectivity index is 0.000000200. The van der Waals surface area contributed by atoms with Crippen molar-refractivity contribution in [3.63, 3.8) is 0 Å². The fraction of sp³-hybridized carbons (Fsp3) is 0.398. The minimum atomic E-state index is -3.59. The molecule has 6 N–H and O–H groups in total. The number of H-pyrrole nitrogens is 2. The summed E-state index contributed by atoms with van der Waals surface area (Å²) in [6.45, 7) is 61.5.